The summed E-state index contributed by atoms with van der Waals surface area (Å²) in [7, 11) is 0. The van der Waals surface area contributed by atoms with E-state index in [9.17, 15) is 14.4 Å². The van der Waals surface area contributed by atoms with E-state index in [4.69, 9.17) is 14.2 Å². The van der Waals surface area contributed by atoms with Crippen LogP contribution >= 0.6 is 0 Å². The molecule has 6 heteroatoms. The second-order valence-corrected chi connectivity index (χ2v) is 19.2. The van der Waals surface area contributed by atoms with E-state index in [-0.39, 0.29) is 31.1 Å². The predicted octanol–water partition coefficient (Wildman–Crippen LogP) is 19.5. The molecule has 0 aromatic rings. The molecule has 0 aromatic heterocycles. The normalized spacial score (nSPS) is 12.7. The minimum Gasteiger partial charge on any atom is -0.462 e. The highest BCUT2D eigenvalue weighted by Gasteiger charge is 2.19. The molecule has 0 fully saturated rings. The van der Waals surface area contributed by atoms with Gasteiger partial charge in [0.1, 0.15) is 13.2 Å². The Hall–Kier alpha value is -3.41. The van der Waals surface area contributed by atoms with Crippen LogP contribution in [-0.2, 0) is 28.6 Å². The number of hydrogen-bond donors (Lipinski definition) is 0. The highest BCUT2D eigenvalue weighted by Crippen LogP contribution is 2.15. The first-order chi connectivity index (χ1) is 34.0. The molecule has 0 bridgehead atoms. The summed E-state index contributed by atoms with van der Waals surface area (Å²) in [6.07, 6.45) is 74.6. The van der Waals surface area contributed by atoms with Gasteiger partial charge in [-0.25, -0.2) is 0 Å². The highest BCUT2D eigenvalue weighted by atomic mass is 16.6. The second kappa shape index (κ2) is 57.2. The zero-order valence-electron chi connectivity index (χ0n) is 45.3. The minimum atomic E-state index is -0.787. The maximum absolute atomic E-state index is 12.8. The quantitative estimate of drug-likeness (QED) is 0.0262. The molecule has 0 rings (SSSR count). The summed E-state index contributed by atoms with van der Waals surface area (Å²) in [6.45, 7) is 6.46. The summed E-state index contributed by atoms with van der Waals surface area (Å²) >= 11 is 0. The molecular weight excluding hydrogens is 853 g/mol. The molecule has 1 atom stereocenters. The number of esters is 3. The smallest absolute Gasteiger partial charge is 0.306 e. The van der Waals surface area contributed by atoms with E-state index < -0.39 is 6.10 Å². The van der Waals surface area contributed by atoms with Crippen molar-refractivity contribution in [2.24, 2.45) is 0 Å². The molecule has 396 valence electrons. The van der Waals surface area contributed by atoms with Gasteiger partial charge in [-0.05, 0) is 96.3 Å². The minimum absolute atomic E-state index is 0.0862. The van der Waals surface area contributed by atoms with Gasteiger partial charge < -0.3 is 14.2 Å². The first kappa shape index (κ1) is 65.6. The summed E-state index contributed by atoms with van der Waals surface area (Å²) in [5, 5.41) is 0. The molecule has 0 aliphatic carbocycles. The molecule has 0 aliphatic rings. The van der Waals surface area contributed by atoms with Gasteiger partial charge in [0, 0.05) is 19.3 Å². The van der Waals surface area contributed by atoms with Crippen LogP contribution in [0, 0.1) is 0 Å². The standard InChI is InChI=1S/C63H108O6/c1-4-7-10-13-16-18-20-22-24-26-27-28-29-30-31-32-33-34-35-37-38-40-42-44-47-50-53-56-62(65)68-59-60(58-67-61(64)55-52-49-46-15-12-9-6-3)69-63(66)57-54-51-48-45-43-41-39-36-25-23-21-19-17-14-11-8-5-2/h8,11,17,19-20,22-23,25-27,29-30,39,41,60H,4-7,9-10,12-16,18,21,24,28,31-38,40,42-59H2,1-3H3/b11-8-,19-17-,22-20-,25-23-,27-26-,30-29-,41-39-. The molecule has 0 N–H and O–H groups in total. The van der Waals surface area contributed by atoms with Crippen molar-refractivity contribution in [3.63, 3.8) is 0 Å². The van der Waals surface area contributed by atoms with Crippen molar-refractivity contribution in [2.45, 2.75) is 284 Å². The topological polar surface area (TPSA) is 78.9 Å². The summed E-state index contributed by atoms with van der Waals surface area (Å²) in [6, 6.07) is 0. The van der Waals surface area contributed by atoms with Crippen molar-refractivity contribution in [3.05, 3.63) is 85.1 Å². The van der Waals surface area contributed by atoms with Gasteiger partial charge in [-0.3, -0.25) is 14.4 Å². The van der Waals surface area contributed by atoms with E-state index in [2.05, 4.69) is 106 Å². The van der Waals surface area contributed by atoms with Crippen molar-refractivity contribution in [1.82, 2.24) is 0 Å². The Morgan fingerprint density at radius 3 is 0.884 bits per heavy atom. The lowest BCUT2D eigenvalue weighted by Gasteiger charge is -2.18. The molecule has 0 saturated carbocycles. The zero-order valence-corrected chi connectivity index (χ0v) is 45.3. The zero-order chi connectivity index (χ0) is 50.0. The molecule has 0 aromatic carbocycles. The molecule has 0 spiro atoms. The first-order valence-corrected chi connectivity index (χ1v) is 29.1. The summed E-state index contributed by atoms with van der Waals surface area (Å²) in [4.78, 5) is 37.9. The van der Waals surface area contributed by atoms with Crippen LogP contribution in [0.15, 0.2) is 85.1 Å². The van der Waals surface area contributed by atoms with Crippen molar-refractivity contribution >= 4 is 17.9 Å². The average molecular weight is 962 g/mol. The van der Waals surface area contributed by atoms with Gasteiger partial charge >= 0.3 is 17.9 Å². The van der Waals surface area contributed by atoms with Crippen molar-refractivity contribution < 1.29 is 28.6 Å². The maximum Gasteiger partial charge on any atom is 0.306 e. The predicted molar refractivity (Wildman–Crippen MR) is 297 cm³/mol. The molecule has 0 heterocycles. The Bertz CT molecular complexity index is 1330. The van der Waals surface area contributed by atoms with Gasteiger partial charge in [-0.1, -0.05) is 247 Å². The fourth-order valence-corrected chi connectivity index (χ4v) is 8.03. The molecule has 0 radical (unpaired) electrons. The van der Waals surface area contributed by atoms with E-state index >= 15 is 0 Å². The second-order valence-electron chi connectivity index (χ2n) is 19.2. The Morgan fingerprint density at radius 2 is 0.565 bits per heavy atom. The number of hydrogen-bond acceptors (Lipinski definition) is 6. The van der Waals surface area contributed by atoms with Crippen LogP contribution in [0.4, 0.5) is 0 Å². The van der Waals surface area contributed by atoms with Gasteiger partial charge in [0.05, 0.1) is 0 Å². The molecule has 1 unspecified atom stereocenters. The molecule has 0 amide bonds. The SMILES string of the molecule is CC/C=C\C/C=C\C/C=C\C/C=C\CCCCCCC(=O)OC(COC(=O)CCCCCCCCC)COC(=O)CCCCCCCCCCCCCC/C=C\C/C=C\C/C=C\CCCCCCC. The van der Waals surface area contributed by atoms with Gasteiger partial charge in [-0.2, -0.15) is 0 Å². The number of carbonyl (C=O) groups excluding carboxylic acids is 3. The number of ether oxygens (including phenoxy) is 3. The van der Waals surface area contributed by atoms with Crippen molar-refractivity contribution in [1.29, 1.82) is 0 Å². The Morgan fingerprint density at radius 1 is 0.304 bits per heavy atom. The third-order valence-corrected chi connectivity index (χ3v) is 12.4. The highest BCUT2D eigenvalue weighted by molar-refractivity contribution is 5.71. The van der Waals surface area contributed by atoms with Gasteiger partial charge in [0.15, 0.2) is 6.10 Å². The lowest BCUT2D eigenvalue weighted by molar-refractivity contribution is -0.167. The molecule has 0 saturated heterocycles. The monoisotopic (exact) mass is 961 g/mol. The van der Waals surface area contributed by atoms with E-state index in [1.807, 2.05) is 0 Å². The third-order valence-electron chi connectivity index (χ3n) is 12.4. The van der Waals surface area contributed by atoms with Crippen LogP contribution in [0.25, 0.3) is 0 Å². The number of allylic oxidation sites excluding steroid dienone is 14. The van der Waals surface area contributed by atoms with Crippen LogP contribution in [0.2, 0.25) is 0 Å². The molecule has 69 heavy (non-hydrogen) atoms. The number of unbranched alkanes of at least 4 members (excludes halogenated alkanes) is 27. The maximum atomic E-state index is 12.8. The molecule has 0 aliphatic heterocycles. The van der Waals surface area contributed by atoms with Gasteiger partial charge in [-0.15, -0.1) is 0 Å². The Labute approximate surface area is 426 Å². The van der Waals surface area contributed by atoms with E-state index in [1.165, 1.54) is 128 Å². The van der Waals surface area contributed by atoms with Gasteiger partial charge in [0.25, 0.3) is 0 Å². The average Bonchev–Trinajstić information content (AvgIpc) is 3.35. The van der Waals surface area contributed by atoms with E-state index in [0.29, 0.717) is 19.3 Å². The molecule has 6 nitrogen and oxygen atoms in total. The van der Waals surface area contributed by atoms with Crippen LogP contribution in [0.3, 0.4) is 0 Å². The fourth-order valence-electron chi connectivity index (χ4n) is 8.03. The largest absolute Gasteiger partial charge is 0.462 e. The van der Waals surface area contributed by atoms with E-state index in [1.54, 1.807) is 0 Å². The van der Waals surface area contributed by atoms with Crippen LogP contribution < -0.4 is 0 Å². The Kier molecular flexibility index (Phi) is 54.3. The van der Waals surface area contributed by atoms with Crippen LogP contribution in [0.1, 0.15) is 278 Å². The van der Waals surface area contributed by atoms with Crippen molar-refractivity contribution in [3.8, 4) is 0 Å². The summed E-state index contributed by atoms with van der Waals surface area (Å²) < 4.78 is 16.8. The van der Waals surface area contributed by atoms with Crippen molar-refractivity contribution in [2.75, 3.05) is 13.2 Å². The van der Waals surface area contributed by atoms with Gasteiger partial charge in [0.2, 0.25) is 0 Å². The lowest BCUT2D eigenvalue weighted by atomic mass is 10.0. The summed E-state index contributed by atoms with van der Waals surface area (Å²) in [5.74, 6) is -0.915. The fraction of sp³-hybridized carbons (Fsp3) is 0.730. The Balaban J connectivity index is 4.17. The number of carbonyl (C=O) groups is 3. The van der Waals surface area contributed by atoms with Crippen LogP contribution in [0.5, 0.6) is 0 Å². The third kappa shape index (κ3) is 55.4. The van der Waals surface area contributed by atoms with Crippen LogP contribution in [-0.4, -0.2) is 37.2 Å². The van der Waals surface area contributed by atoms with E-state index in [0.717, 1.165) is 109 Å². The first-order valence-electron chi connectivity index (χ1n) is 29.1. The number of rotatable bonds is 52. The molecular formula is C63H108O6. The summed E-state index contributed by atoms with van der Waals surface area (Å²) in [5.41, 5.74) is 0. The lowest BCUT2D eigenvalue weighted by Crippen LogP contribution is -2.30.